The molecule has 0 unspecified atom stereocenters. The lowest BCUT2D eigenvalue weighted by Crippen LogP contribution is -2.45. The van der Waals surface area contributed by atoms with Crippen LogP contribution in [0, 0.1) is 10.9 Å². The summed E-state index contributed by atoms with van der Waals surface area (Å²) in [6.45, 7) is 6.16. The summed E-state index contributed by atoms with van der Waals surface area (Å²) in [6.07, 6.45) is 13.0. The van der Waals surface area contributed by atoms with Crippen molar-refractivity contribution in [1.82, 2.24) is 39.4 Å². The highest BCUT2D eigenvalue weighted by Crippen LogP contribution is 2.35. The van der Waals surface area contributed by atoms with Gasteiger partial charge in [0, 0.05) is 56.8 Å². The molecule has 0 radical (unpaired) electrons. The Morgan fingerprint density at radius 3 is 2.55 bits per heavy atom. The number of aryl methyl sites for hydroxylation is 1. The Kier molecular flexibility index (Phi) is 11.3. The summed E-state index contributed by atoms with van der Waals surface area (Å²) < 4.78 is 21.6. The van der Waals surface area contributed by atoms with Gasteiger partial charge in [-0.3, -0.25) is 19.7 Å². The average molecular weight is 691 g/mol. The van der Waals surface area contributed by atoms with Crippen LogP contribution in [0.1, 0.15) is 44.3 Å². The summed E-state index contributed by atoms with van der Waals surface area (Å²) >= 11 is 6.42. The quantitative estimate of drug-likeness (QED) is 0.0624. The Balaban J connectivity index is 1.14. The highest BCUT2D eigenvalue weighted by atomic mass is 35.5. The van der Waals surface area contributed by atoms with Crippen molar-refractivity contribution in [2.45, 2.75) is 57.2 Å². The van der Waals surface area contributed by atoms with E-state index in [1.54, 1.807) is 23.1 Å². The maximum absolute atomic E-state index is 7.34. The minimum absolute atomic E-state index is 0.234. The number of nitrogens with one attached hydrogen (secondary N) is 3. The highest BCUT2D eigenvalue weighted by molar-refractivity contribution is 6.32. The first-order chi connectivity index (χ1) is 23.9. The maximum Gasteiger partial charge on any atom is 0.256 e. The van der Waals surface area contributed by atoms with Crippen molar-refractivity contribution < 1.29 is 14.2 Å². The molecular weight excluding hydrogens is 648 g/mol. The van der Waals surface area contributed by atoms with Gasteiger partial charge in [0.25, 0.3) is 5.88 Å². The van der Waals surface area contributed by atoms with E-state index in [0.717, 1.165) is 75.1 Å². The van der Waals surface area contributed by atoms with Crippen molar-refractivity contribution in [3.05, 3.63) is 59.8 Å². The molecular formula is C33H43ClN12O3. The van der Waals surface area contributed by atoms with Gasteiger partial charge in [-0.15, -0.1) is 5.10 Å². The molecule has 2 fully saturated rings. The zero-order valence-electron chi connectivity index (χ0n) is 27.8. The Hall–Kier alpha value is -4.60. The third-order valence-corrected chi connectivity index (χ3v) is 9.19. The molecule has 0 spiro atoms. The lowest BCUT2D eigenvalue weighted by molar-refractivity contribution is 0.00503. The van der Waals surface area contributed by atoms with Crippen LogP contribution in [0.3, 0.4) is 0 Å². The van der Waals surface area contributed by atoms with Crippen LogP contribution in [-0.2, 0) is 18.2 Å². The minimum Gasteiger partial charge on any atom is -0.487 e. The molecule has 2 aliphatic rings. The summed E-state index contributed by atoms with van der Waals surface area (Å²) in [6, 6.07) is 8.33. The van der Waals surface area contributed by atoms with E-state index in [9.17, 15) is 0 Å². The molecule has 1 saturated heterocycles. The van der Waals surface area contributed by atoms with Gasteiger partial charge < -0.3 is 19.5 Å². The van der Waals surface area contributed by atoms with Crippen LogP contribution in [0.25, 0.3) is 11.1 Å². The number of nitrogens with zero attached hydrogens (tertiary/aromatic N) is 9. The number of hydrogen-bond donors (Lipinski definition) is 3. The molecule has 1 saturated carbocycles. The Labute approximate surface area is 290 Å². The SMILES string of the molecule is C[C@@H](CN(C=N)N=N)Oc1cc(-c2cnc(Nc3cn(C4CCC(N5CCOCC5)CC4)nc3OCCc3ccn(C)n3)nc2)ccc1Cl. The molecule has 0 bridgehead atoms. The van der Waals surface area contributed by atoms with Crippen LogP contribution in [0.4, 0.5) is 11.6 Å². The van der Waals surface area contributed by atoms with Gasteiger partial charge in [-0.25, -0.2) is 15.0 Å². The van der Waals surface area contributed by atoms with Gasteiger partial charge in [-0.2, -0.15) is 10.6 Å². The first kappa shape index (κ1) is 34.3. The van der Waals surface area contributed by atoms with Crippen molar-refractivity contribution >= 4 is 29.6 Å². The fourth-order valence-electron chi connectivity index (χ4n) is 6.31. The fraction of sp³-hybridized carbons (Fsp3) is 0.485. The van der Waals surface area contributed by atoms with Crippen LogP contribution in [0.5, 0.6) is 11.6 Å². The summed E-state index contributed by atoms with van der Waals surface area (Å²) in [5.41, 5.74) is 10.4. The molecule has 16 heteroatoms. The largest absolute Gasteiger partial charge is 0.487 e. The maximum atomic E-state index is 7.34. The van der Waals surface area contributed by atoms with Crippen LogP contribution < -0.4 is 14.8 Å². The van der Waals surface area contributed by atoms with Crippen molar-refractivity contribution in [2.75, 3.05) is 44.8 Å². The first-order valence-corrected chi connectivity index (χ1v) is 17.0. The fourth-order valence-corrected chi connectivity index (χ4v) is 6.47. The second kappa shape index (κ2) is 16.2. The van der Waals surface area contributed by atoms with E-state index in [-0.39, 0.29) is 18.7 Å². The van der Waals surface area contributed by atoms with E-state index in [0.29, 0.717) is 47.4 Å². The summed E-state index contributed by atoms with van der Waals surface area (Å²) in [5.74, 6) is 1.40. The molecule has 15 nitrogen and oxygen atoms in total. The summed E-state index contributed by atoms with van der Waals surface area (Å²) in [7, 11) is 1.90. The van der Waals surface area contributed by atoms with Gasteiger partial charge in [0.2, 0.25) is 5.95 Å². The smallest absolute Gasteiger partial charge is 0.256 e. The second-order valence-electron chi connectivity index (χ2n) is 12.4. The molecule has 0 amide bonds. The number of hydrogen-bond acceptors (Lipinski definition) is 12. The molecule has 6 rings (SSSR count). The van der Waals surface area contributed by atoms with Gasteiger partial charge in [0.1, 0.15) is 23.9 Å². The standard InChI is InChI=1S/C33H43ClN12O3/c1-23(20-45(22-35)42-36)49-31-17-24(3-8-29(31)34)25-18-37-33(38-19-25)39-30-21-46(41-32(30)48-14-10-26-9-11-43(2)40-26)28-6-4-27(5-7-28)44-12-15-47-16-13-44/h3,8-9,11,17-19,21-23,27-28,35-36H,4-7,10,12-16,20H2,1-2H3,(H,37,38,39)/t23-,27?,28?/m0/s1. The molecule has 3 aromatic heterocycles. The van der Waals surface area contributed by atoms with Crippen LogP contribution in [-0.4, -0.2) is 97.4 Å². The minimum atomic E-state index is -0.368. The number of morpholine rings is 1. The topological polar surface area (TPSA) is 168 Å². The number of ether oxygens (including phenoxy) is 3. The van der Waals surface area contributed by atoms with Crippen molar-refractivity contribution in [1.29, 1.82) is 10.9 Å². The molecule has 260 valence electrons. The normalized spacial score (nSPS) is 18.8. The Bertz CT molecular complexity index is 1670. The van der Waals surface area contributed by atoms with E-state index in [2.05, 4.69) is 30.5 Å². The predicted octanol–water partition coefficient (Wildman–Crippen LogP) is 5.53. The molecule has 49 heavy (non-hydrogen) atoms. The molecule has 4 aromatic rings. The third-order valence-electron chi connectivity index (χ3n) is 8.88. The van der Waals surface area contributed by atoms with Gasteiger partial charge in [-0.1, -0.05) is 22.9 Å². The molecule has 1 atom stereocenters. The molecule has 4 heterocycles. The number of anilines is 2. The third kappa shape index (κ3) is 8.90. The van der Waals surface area contributed by atoms with Gasteiger partial charge in [0.05, 0.1) is 49.3 Å². The van der Waals surface area contributed by atoms with E-state index >= 15 is 0 Å². The van der Waals surface area contributed by atoms with E-state index in [4.69, 9.17) is 41.9 Å². The van der Waals surface area contributed by atoms with Crippen molar-refractivity contribution in [3.8, 4) is 22.8 Å². The van der Waals surface area contributed by atoms with Gasteiger partial charge in [0.15, 0.2) is 0 Å². The highest BCUT2D eigenvalue weighted by Gasteiger charge is 2.29. The summed E-state index contributed by atoms with van der Waals surface area (Å²) in [5, 5.41) is 24.9. The van der Waals surface area contributed by atoms with E-state index < -0.39 is 0 Å². The van der Waals surface area contributed by atoms with Gasteiger partial charge >= 0.3 is 0 Å². The lowest BCUT2D eigenvalue weighted by Gasteiger charge is -2.38. The first-order valence-electron chi connectivity index (χ1n) is 16.6. The Morgan fingerprint density at radius 1 is 1.10 bits per heavy atom. The van der Waals surface area contributed by atoms with Crippen LogP contribution in [0.2, 0.25) is 5.02 Å². The zero-order chi connectivity index (χ0) is 34.2. The van der Waals surface area contributed by atoms with Crippen LogP contribution >= 0.6 is 11.6 Å². The Morgan fingerprint density at radius 2 is 1.86 bits per heavy atom. The predicted molar refractivity (Wildman–Crippen MR) is 185 cm³/mol. The number of benzene rings is 1. The summed E-state index contributed by atoms with van der Waals surface area (Å²) in [4.78, 5) is 11.8. The molecule has 1 aliphatic carbocycles. The second-order valence-corrected chi connectivity index (χ2v) is 12.8. The van der Waals surface area contributed by atoms with E-state index in [1.165, 1.54) is 5.01 Å². The molecule has 1 aromatic carbocycles. The number of aromatic nitrogens is 6. The van der Waals surface area contributed by atoms with Crippen molar-refractivity contribution in [3.63, 3.8) is 0 Å². The monoisotopic (exact) mass is 690 g/mol. The number of rotatable bonds is 15. The average Bonchev–Trinajstić information content (AvgIpc) is 3.74. The molecule has 1 aliphatic heterocycles. The van der Waals surface area contributed by atoms with Gasteiger partial charge in [-0.05, 0) is 56.4 Å². The lowest BCUT2D eigenvalue weighted by atomic mass is 9.90. The zero-order valence-corrected chi connectivity index (χ0v) is 28.6. The number of halogens is 1. The van der Waals surface area contributed by atoms with Crippen molar-refractivity contribution in [2.24, 2.45) is 12.3 Å². The van der Waals surface area contributed by atoms with E-state index in [1.807, 2.05) is 49.2 Å². The molecule has 3 N–H and O–H groups in total. The van der Waals surface area contributed by atoms with Crippen LogP contribution in [0.15, 0.2) is 54.3 Å².